The van der Waals surface area contributed by atoms with Crippen LogP contribution in [0.1, 0.15) is 57.4 Å². The zero-order chi connectivity index (χ0) is 14.5. The van der Waals surface area contributed by atoms with Crippen molar-refractivity contribution in [2.45, 2.75) is 58.5 Å². The van der Waals surface area contributed by atoms with Crippen molar-refractivity contribution in [1.29, 1.82) is 0 Å². The molecule has 0 saturated carbocycles. The molecule has 1 rings (SSSR count). The van der Waals surface area contributed by atoms with Crippen LogP contribution in [0.15, 0.2) is 35.5 Å². The topological polar surface area (TPSA) is 38.7 Å². The van der Waals surface area contributed by atoms with E-state index in [0.717, 1.165) is 18.4 Å². The second-order valence-corrected chi connectivity index (χ2v) is 4.98. The Balaban J connectivity index is 2.02. The van der Waals surface area contributed by atoms with Crippen molar-refractivity contribution in [1.82, 2.24) is 0 Å². The number of ketones is 1. The summed E-state index contributed by atoms with van der Waals surface area (Å²) in [6.45, 7) is 2.61. The Kier molecular flexibility index (Phi) is 9.20. The molecule has 0 N–H and O–H groups in total. The van der Waals surface area contributed by atoms with Gasteiger partial charge in [-0.05, 0) is 12.0 Å². The average molecular weight is 275 g/mol. The van der Waals surface area contributed by atoms with Crippen LogP contribution < -0.4 is 0 Å². The van der Waals surface area contributed by atoms with Gasteiger partial charge in [-0.2, -0.15) is 0 Å². The first-order valence-electron chi connectivity index (χ1n) is 7.55. The molecular weight excluding hydrogens is 250 g/mol. The lowest BCUT2D eigenvalue weighted by molar-refractivity contribution is -0.112. The van der Waals surface area contributed by atoms with Crippen molar-refractivity contribution in [3.8, 4) is 0 Å². The highest BCUT2D eigenvalue weighted by Gasteiger charge is 1.98. The number of carbonyl (C=O) groups excluding carboxylic acids is 1. The molecule has 0 aliphatic heterocycles. The predicted octanol–water partition coefficient (Wildman–Crippen LogP) is 4.51. The van der Waals surface area contributed by atoms with E-state index in [4.69, 9.17) is 4.84 Å². The van der Waals surface area contributed by atoms with Gasteiger partial charge in [0, 0.05) is 6.42 Å². The summed E-state index contributed by atoms with van der Waals surface area (Å²) in [6.07, 6.45) is 9.01. The van der Waals surface area contributed by atoms with Crippen molar-refractivity contribution < 1.29 is 9.63 Å². The molecule has 0 atom stereocenters. The molecule has 0 aromatic heterocycles. The second-order valence-electron chi connectivity index (χ2n) is 4.98. The number of carbonyl (C=O) groups is 1. The van der Waals surface area contributed by atoms with Crippen LogP contribution in [-0.4, -0.2) is 12.0 Å². The highest BCUT2D eigenvalue weighted by Crippen LogP contribution is 2.06. The first-order chi connectivity index (χ1) is 9.83. The van der Waals surface area contributed by atoms with Gasteiger partial charge in [-0.1, -0.05) is 74.5 Å². The molecule has 0 bridgehead atoms. The van der Waals surface area contributed by atoms with Crippen LogP contribution in [0.5, 0.6) is 0 Å². The number of oxime groups is 1. The minimum atomic E-state index is 0.0496. The van der Waals surface area contributed by atoms with Gasteiger partial charge in [0.1, 0.15) is 12.8 Å². The fourth-order valence-electron chi connectivity index (χ4n) is 1.93. The van der Waals surface area contributed by atoms with Gasteiger partial charge in [0.05, 0.1) is 0 Å². The van der Waals surface area contributed by atoms with Crippen molar-refractivity contribution in [2.75, 3.05) is 0 Å². The van der Waals surface area contributed by atoms with Gasteiger partial charge in [0.25, 0.3) is 0 Å². The van der Waals surface area contributed by atoms with E-state index in [1.54, 1.807) is 0 Å². The van der Waals surface area contributed by atoms with Crippen molar-refractivity contribution >= 4 is 12.0 Å². The van der Waals surface area contributed by atoms with Crippen LogP contribution in [0.2, 0.25) is 0 Å². The molecule has 0 aliphatic rings. The fraction of sp³-hybridized carbons (Fsp3) is 0.529. The van der Waals surface area contributed by atoms with Gasteiger partial charge in [-0.25, -0.2) is 0 Å². The molecule has 3 heteroatoms. The highest BCUT2D eigenvalue weighted by molar-refractivity contribution is 6.27. The molecule has 0 saturated heterocycles. The van der Waals surface area contributed by atoms with E-state index in [-0.39, 0.29) is 5.78 Å². The molecular formula is C17H25NO2. The summed E-state index contributed by atoms with van der Waals surface area (Å²) in [7, 11) is 0. The van der Waals surface area contributed by atoms with E-state index in [2.05, 4.69) is 12.1 Å². The number of Topliss-reactive ketones (excluding diaryl/α,β-unsaturated/α-hetero) is 1. The van der Waals surface area contributed by atoms with Gasteiger partial charge in [-0.15, -0.1) is 0 Å². The maximum absolute atomic E-state index is 11.5. The first kappa shape index (κ1) is 16.4. The zero-order valence-electron chi connectivity index (χ0n) is 12.4. The summed E-state index contributed by atoms with van der Waals surface area (Å²) in [4.78, 5) is 16.6. The van der Waals surface area contributed by atoms with Crippen LogP contribution in [0.25, 0.3) is 0 Å². The van der Waals surface area contributed by atoms with Crippen molar-refractivity contribution in [3.63, 3.8) is 0 Å². The Bertz CT molecular complexity index is 387. The molecule has 0 unspecified atom stereocenters. The van der Waals surface area contributed by atoms with E-state index in [1.165, 1.54) is 31.9 Å². The third-order valence-electron chi connectivity index (χ3n) is 3.12. The van der Waals surface area contributed by atoms with E-state index in [1.807, 2.05) is 30.3 Å². The minimum Gasteiger partial charge on any atom is -0.391 e. The van der Waals surface area contributed by atoms with Crippen LogP contribution in [-0.2, 0) is 16.2 Å². The molecule has 0 spiro atoms. The SMILES string of the molecule is CCCCCCCCC(=O)/C=N/OCc1ccccc1. The number of nitrogens with zero attached hydrogens (tertiary/aromatic N) is 1. The molecule has 110 valence electrons. The number of benzene rings is 1. The third kappa shape index (κ3) is 8.46. The Morgan fingerprint density at radius 3 is 2.55 bits per heavy atom. The van der Waals surface area contributed by atoms with Crippen molar-refractivity contribution in [3.05, 3.63) is 35.9 Å². The summed E-state index contributed by atoms with van der Waals surface area (Å²) >= 11 is 0. The molecule has 0 aliphatic carbocycles. The molecule has 20 heavy (non-hydrogen) atoms. The average Bonchev–Trinajstić information content (AvgIpc) is 2.48. The number of unbranched alkanes of at least 4 members (excludes halogenated alkanes) is 5. The number of hydrogen-bond donors (Lipinski definition) is 0. The van der Waals surface area contributed by atoms with E-state index in [0.29, 0.717) is 13.0 Å². The summed E-state index contributed by atoms with van der Waals surface area (Å²) in [6, 6.07) is 9.79. The summed E-state index contributed by atoms with van der Waals surface area (Å²) < 4.78 is 0. The molecule has 3 nitrogen and oxygen atoms in total. The van der Waals surface area contributed by atoms with Crippen molar-refractivity contribution in [2.24, 2.45) is 5.16 Å². The normalized spacial score (nSPS) is 10.8. The molecule has 0 heterocycles. The van der Waals surface area contributed by atoms with Gasteiger partial charge in [-0.3, -0.25) is 4.79 Å². The smallest absolute Gasteiger partial charge is 0.177 e. The monoisotopic (exact) mass is 275 g/mol. The highest BCUT2D eigenvalue weighted by atomic mass is 16.6. The molecule has 0 amide bonds. The van der Waals surface area contributed by atoms with Crippen LogP contribution in [0.3, 0.4) is 0 Å². The fourth-order valence-corrected chi connectivity index (χ4v) is 1.93. The first-order valence-corrected chi connectivity index (χ1v) is 7.55. The van der Waals surface area contributed by atoms with Gasteiger partial charge in [0.15, 0.2) is 5.78 Å². The Morgan fingerprint density at radius 2 is 1.80 bits per heavy atom. The summed E-state index contributed by atoms with van der Waals surface area (Å²) in [5, 5.41) is 3.72. The predicted molar refractivity (Wildman–Crippen MR) is 82.7 cm³/mol. The Hall–Kier alpha value is -1.64. The largest absolute Gasteiger partial charge is 0.391 e. The second kappa shape index (κ2) is 11.2. The van der Waals surface area contributed by atoms with Crippen LogP contribution >= 0.6 is 0 Å². The van der Waals surface area contributed by atoms with E-state index in [9.17, 15) is 4.79 Å². The Labute approximate surface area is 122 Å². The standard InChI is InChI=1S/C17H25NO2/c1-2-3-4-5-6-10-13-17(19)14-18-20-15-16-11-8-7-9-12-16/h7-9,11-12,14H,2-6,10,13,15H2,1H3/b18-14+. The molecule has 0 radical (unpaired) electrons. The maximum atomic E-state index is 11.5. The van der Waals surface area contributed by atoms with Gasteiger partial charge in [0.2, 0.25) is 0 Å². The van der Waals surface area contributed by atoms with Crippen LogP contribution in [0, 0.1) is 0 Å². The maximum Gasteiger partial charge on any atom is 0.177 e. The minimum absolute atomic E-state index is 0.0496. The number of hydrogen-bond acceptors (Lipinski definition) is 3. The van der Waals surface area contributed by atoms with E-state index < -0.39 is 0 Å². The summed E-state index contributed by atoms with van der Waals surface area (Å²) in [5.74, 6) is 0.0496. The Morgan fingerprint density at radius 1 is 1.10 bits per heavy atom. The lowest BCUT2D eigenvalue weighted by Gasteiger charge is -1.99. The molecule has 1 aromatic rings. The molecule has 1 aromatic carbocycles. The lowest BCUT2D eigenvalue weighted by Crippen LogP contribution is -1.99. The van der Waals surface area contributed by atoms with Gasteiger partial charge >= 0.3 is 0 Å². The zero-order valence-corrected chi connectivity index (χ0v) is 12.4. The number of rotatable bonds is 11. The van der Waals surface area contributed by atoms with E-state index >= 15 is 0 Å². The third-order valence-corrected chi connectivity index (χ3v) is 3.12. The quantitative estimate of drug-likeness (QED) is 0.338. The van der Waals surface area contributed by atoms with Crippen LogP contribution in [0.4, 0.5) is 0 Å². The lowest BCUT2D eigenvalue weighted by atomic mass is 10.1. The van der Waals surface area contributed by atoms with Gasteiger partial charge < -0.3 is 4.84 Å². The summed E-state index contributed by atoms with van der Waals surface area (Å²) in [5.41, 5.74) is 1.05. The molecule has 0 fully saturated rings.